The van der Waals surface area contributed by atoms with Gasteiger partial charge in [0, 0.05) is 12.3 Å². The number of fused-ring (bicyclic) bond motifs is 2. The van der Waals surface area contributed by atoms with Gasteiger partial charge in [0.25, 0.3) is 13.9 Å². The minimum absolute atomic E-state index is 0.0897. The van der Waals surface area contributed by atoms with Crippen molar-refractivity contribution in [2.45, 2.75) is 49.8 Å². The first-order chi connectivity index (χ1) is 17.6. The Hall–Kier alpha value is -2.86. The molecule has 0 spiro atoms. The summed E-state index contributed by atoms with van der Waals surface area (Å²) >= 11 is 0. The van der Waals surface area contributed by atoms with Crippen molar-refractivity contribution < 1.29 is 19.1 Å². The lowest BCUT2D eigenvalue weighted by Crippen LogP contribution is -2.68. The van der Waals surface area contributed by atoms with Gasteiger partial charge >= 0.3 is 5.69 Å². The molecule has 0 aliphatic carbocycles. The zero-order valence-corrected chi connectivity index (χ0v) is 22.5. The molecule has 3 heterocycles. The van der Waals surface area contributed by atoms with E-state index in [0.717, 1.165) is 10.4 Å². The van der Waals surface area contributed by atoms with Crippen LogP contribution >= 0.6 is 0 Å². The van der Waals surface area contributed by atoms with Crippen LogP contribution in [0.1, 0.15) is 27.0 Å². The molecule has 9 nitrogen and oxygen atoms in total. The number of hydroxylamine groups is 2. The monoisotopic (exact) mass is 523 g/mol. The van der Waals surface area contributed by atoms with Crippen LogP contribution < -0.4 is 21.6 Å². The van der Waals surface area contributed by atoms with Crippen LogP contribution in [-0.2, 0) is 14.0 Å². The van der Waals surface area contributed by atoms with E-state index in [4.69, 9.17) is 14.0 Å². The number of H-pyrrole nitrogens is 1. The maximum Gasteiger partial charge on any atom is 0.330 e. The molecule has 2 aromatic carbocycles. The van der Waals surface area contributed by atoms with Gasteiger partial charge in [0.05, 0.1) is 20.3 Å². The molecule has 2 fully saturated rings. The fourth-order valence-corrected chi connectivity index (χ4v) is 10.5. The molecule has 0 saturated carbocycles. The number of hydrogen-bond donors (Lipinski definition) is 2. The second kappa shape index (κ2) is 9.46. The highest BCUT2D eigenvalue weighted by Crippen LogP contribution is 2.47. The molecule has 5 rings (SSSR count). The fraction of sp³-hybridized carbons (Fsp3) is 0.407. The third-order valence-corrected chi connectivity index (χ3v) is 12.6. The van der Waals surface area contributed by atoms with Crippen LogP contribution in [0.25, 0.3) is 0 Å². The van der Waals surface area contributed by atoms with Gasteiger partial charge in [-0.15, -0.1) is 0 Å². The van der Waals surface area contributed by atoms with Crippen molar-refractivity contribution in [3.63, 3.8) is 0 Å². The Morgan fingerprint density at radius 3 is 2.16 bits per heavy atom. The molecule has 2 N–H and O–H groups in total. The van der Waals surface area contributed by atoms with Gasteiger partial charge in [0.15, 0.2) is 6.23 Å². The van der Waals surface area contributed by atoms with E-state index >= 15 is 0 Å². The van der Waals surface area contributed by atoms with E-state index in [1.165, 1.54) is 23.9 Å². The Kier molecular flexibility index (Phi) is 6.59. The summed E-state index contributed by atoms with van der Waals surface area (Å²) in [7, 11) is -1.38. The van der Waals surface area contributed by atoms with Gasteiger partial charge < -0.3 is 19.1 Å². The van der Waals surface area contributed by atoms with Crippen molar-refractivity contribution >= 4 is 18.7 Å². The van der Waals surface area contributed by atoms with Crippen LogP contribution in [-0.4, -0.2) is 66.0 Å². The summed E-state index contributed by atoms with van der Waals surface area (Å²) in [5.41, 5.74) is -2.26. The maximum atomic E-state index is 12.6. The minimum atomic E-state index is -2.91. The van der Waals surface area contributed by atoms with Crippen LogP contribution in [0, 0.1) is 0 Å². The first kappa shape index (κ1) is 25.8. The number of aliphatic hydroxyl groups is 1. The second-order valence-electron chi connectivity index (χ2n) is 10.7. The number of morpholine rings is 1. The van der Waals surface area contributed by atoms with Crippen molar-refractivity contribution in [1.29, 1.82) is 0 Å². The highest BCUT2D eigenvalue weighted by molar-refractivity contribution is 6.99. The molecule has 2 saturated heterocycles. The number of aliphatic hydroxyl groups excluding tert-OH is 1. The Morgan fingerprint density at radius 2 is 1.65 bits per heavy atom. The number of nitrogens with one attached hydrogen (secondary N) is 1. The predicted octanol–water partition coefficient (Wildman–Crippen LogP) is 0.987. The molecular formula is C27H33N3O6Si. The highest BCUT2D eigenvalue weighted by atomic mass is 28.4. The molecule has 2 bridgehead atoms. The lowest BCUT2D eigenvalue weighted by molar-refractivity contribution is -0.239. The quantitative estimate of drug-likeness (QED) is 0.445. The normalized spacial score (nSPS) is 26.0. The predicted molar refractivity (Wildman–Crippen MR) is 141 cm³/mol. The zero-order chi connectivity index (χ0) is 26.4. The topological polar surface area (TPSA) is 106 Å². The molecule has 1 aromatic heterocycles. The maximum absolute atomic E-state index is 12.6. The third-order valence-electron chi connectivity index (χ3n) is 7.58. The van der Waals surface area contributed by atoms with Gasteiger partial charge in [-0.2, -0.15) is 5.06 Å². The molecule has 2 aliphatic rings. The van der Waals surface area contributed by atoms with Crippen LogP contribution in [0.5, 0.6) is 0 Å². The van der Waals surface area contributed by atoms with E-state index in [1.807, 2.05) is 36.4 Å². The van der Waals surface area contributed by atoms with Crippen molar-refractivity contribution in [2.24, 2.45) is 0 Å². The Morgan fingerprint density at radius 1 is 1.05 bits per heavy atom. The molecular weight excluding hydrogens is 490 g/mol. The van der Waals surface area contributed by atoms with Crippen LogP contribution in [0.4, 0.5) is 0 Å². The Balaban J connectivity index is 1.57. The summed E-state index contributed by atoms with van der Waals surface area (Å²) in [4.78, 5) is 32.1. The fourth-order valence-electron chi connectivity index (χ4n) is 5.84. The summed E-state index contributed by atoms with van der Waals surface area (Å²) in [5.74, 6) is 0. The van der Waals surface area contributed by atoms with E-state index in [1.54, 1.807) is 5.06 Å². The number of nitrogens with zero attached hydrogens (tertiary/aromatic N) is 2. The Labute approximate surface area is 216 Å². The first-order valence-electron chi connectivity index (χ1n) is 12.4. The number of aromatic amines is 1. The standard InChI is InChI=1S/C27H33N3O6Si/c1-26(2,3)37(19-11-7-5-8-12-19,20-13-9-6-10-14-20)35-18-27-17-30(34-4)22(23(27)32)24(36-27)29-16-15-21(31)28-25(29)33/h5-16,22-24,32H,17-18H2,1-4H3,(H,28,31,33)/t22-,23+,24-,27-/m1/s1. The summed E-state index contributed by atoms with van der Waals surface area (Å²) in [6, 6.07) is 21.1. The molecule has 0 amide bonds. The Bertz CT molecular complexity index is 1320. The van der Waals surface area contributed by atoms with Gasteiger partial charge in [-0.3, -0.25) is 14.3 Å². The van der Waals surface area contributed by atoms with E-state index in [2.05, 4.69) is 50.0 Å². The van der Waals surface area contributed by atoms with E-state index in [-0.39, 0.29) is 18.2 Å². The molecule has 10 heteroatoms. The summed E-state index contributed by atoms with van der Waals surface area (Å²) in [6.45, 7) is 6.91. The number of benzene rings is 2. The number of rotatable bonds is 7. The van der Waals surface area contributed by atoms with Crippen LogP contribution in [0.15, 0.2) is 82.5 Å². The lowest BCUT2D eigenvalue weighted by Gasteiger charge is -2.45. The number of aromatic nitrogens is 2. The van der Waals surface area contributed by atoms with Crippen LogP contribution in [0.2, 0.25) is 5.04 Å². The summed E-state index contributed by atoms with van der Waals surface area (Å²) in [5, 5.41) is 15.1. The van der Waals surface area contributed by atoms with Crippen molar-refractivity contribution in [2.75, 3.05) is 20.3 Å². The van der Waals surface area contributed by atoms with Gasteiger partial charge in [0.2, 0.25) is 0 Å². The van der Waals surface area contributed by atoms with Crippen molar-refractivity contribution in [3.05, 3.63) is 93.8 Å². The molecule has 0 radical (unpaired) electrons. The molecule has 37 heavy (non-hydrogen) atoms. The lowest BCUT2D eigenvalue weighted by atomic mass is 10.0. The summed E-state index contributed by atoms with van der Waals surface area (Å²) < 4.78 is 14.8. The van der Waals surface area contributed by atoms with Gasteiger partial charge in [-0.05, 0) is 15.4 Å². The van der Waals surface area contributed by atoms with Crippen LogP contribution in [0.3, 0.4) is 0 Å². The molecule has 2 aliphatic heterocycles. The van der Waals surface area contributed by atoms with E-state index < -0.39 is 43.5 Å². The largest absolute Gasteiger partial charge is 0.404 e. The number of ether oxygens (including phenoxy) is 1. The van der Waals surface area contributed by atoms with E-state index in [9.17, 15) is 14.7 Å². The van der Waals surface area contributed by atoms with Gasteiger partial charge in [-0.25, -0.2) is 4.79 Å². The first-order valence-corrected chi connectivity index (χ1v) is 14.3. The smallest absolute Gasteiger partial charge is 0.330 e. The SMILES string of the molecule is CON1C[C@]2(CO[Si](c3ccccc3)(c3ccccc3)C(C)(C)C)O[C@@H](n3ccc(=O)[nH]c3=O)[C@H]1[C@@H]2O. The van der Waals surface area contributed by atoms with Gasteiger partial charge in [0.1, 0.15) is 17.7 Å². The molecule has 3 aromatic rings. The van der Waals surface area contributed by atoms with Crippen molar-refractivity contribution in [1.82, 2.24) is 14.6 Å². The van der Waals surface area contributed by atoms with Crippen molar-refractivity contribution in [3.8, 4) is 0 Å². The minimum Gasteiger partial charge on any atom is -0.404 e. The molecule has 0 unspecified atom stereocenters. The molecule has 196 valence electrons. The summed E-state index contributed by atoms with van der Waals surface area (Å²) in [6.07, 6.45) is -0.477. The highest BCUT2D eigenvalue weighted by Gasteiger charge is 2.66. The average Bonchev–Trinajstić information content (AvgIpc) is 3.31. The van der Waals surface area contributed by atoms with Gasteiger partial charge in [-0.1, -0.05) is 81.4 Å². The third kappa shape index (κ3) is 4.14. The van der Waals surface area contributed by atoms with E-state index in [0.29, 0.717) is 0 Å². The number of hydrogen-bond acceptors (Lipinski definition) is 7. The molecule has 4 atom stereocenters. The average molecular weight is 524 g/mol. The zero-order valence-electron chi connectivity index (χ0n) is 21.5. The second-order valence-corrected chi connectivity index (χ2v) is 15.0.